The fourth-order valence-corrected chi connectivity index (χ4v) is 8.19. The van der Waals surface area contributed by atoms with Gasteiger partial charge in [0, 0.05) is 50.3 Å². The van der Waals surface area contributed by atoms with Crippen LogP contribution in [0.1, 0.15) is 19.3 Å². The van der Waals surface area contributed by atoms with Crippen LogP contribution in [0.5, 0.6) is 0 Å². The molecule has 348 valence electrons. The average Bonchev–Trinajstić information content (AvgIpc) is 3.18. The van der Waals surface area contributed by atoms with E-state index in [4.69, 9.17) is 74.3 Å². The molecule has 0 radical (unpaired) electrons. The maximum Gasteiger partial charge on any atom is 0.176 e. The lowest BCUT2D eigenvalue weighted by atomic mass is 9.84. The Morgan fingerprint density at radius 1 is 0.542 bits per heavy atom. The summed E-state index contributed by atoms with van der Waals surface area (Å²) in [6.07, 6.45) is -17.2. The summed E-state index contributed by atoms with van der Waals surface area (Å²) in [4.78, 5) is 3.79. The van der Waals surface area contributed by atoms with Crippen molar-refractivity contribution in [2.45, 2.75) is 154 Å². The van der Waals surface area contributed by atoms with Crippen molar-refractivity contribution in [1.82, 2.24) is 9.80 Å². The highest BCUT2D eigenvalue weighted by Gasteiger charge is 2.50. The monoisotopic (exact) mass is 859 g/mol. The maximum atomic E-state index is 10.9. The van der Waals surface area contributed by atoms with E-state index in [0.29, 0.717) is 19.5 Å². The number of rotatable bonds is 20. The number of nitrogens with zero attached hydrogens (tertiary/aromatic N) is 2. The van der Waals surface area contributed by atoms with Crippen LogP contribution in [0, 0.1) is 0 Å². The van der Waals surface area contributed by atoms with Gasteiger partial charge in [0.05, 0.1) is 49.7 Å². The third kappa shape index (κ3) is 13.1. The van der Waals surface area contributed by atoms with Crippen LogP contribution in [0.25, 0.3) is 0 Å². The molecule has 2 saturated heterocycles. The highest BCUT2D eigenvalue weighted by atomic mass is 16.7. The van der Waals surface area contributed by atoms with Crippen molar-refractivity contribution in [3.63, 3.8) is 0 Å². The van der Waals surface area contributed by atoms with Gasteiger partial charge in [0.1, 0.15) is 61.0 Å². The van der Waals surface area contributed by atoms with Crippen LogP contribution in [-0.2, 0) is 28.4 Å². The highest BCUT2D eigenvalue weighted by molar-refractivity contribution is 5.02. The van der Waals surface area contributed by atoms with Crippen molar-refractivity contribution in [3.8, 4) is 0 Å². The Morgan fingerprint density at radius 3 is 1.24 bits per heavy atom. The number of aliphatic hydroxyl groups is 8. The largest absolute Gasteiger partial charge is 0.389 e. The van der Waals surface area contributed by atoms with Gasteiger partial charge in [0.25, 0.3) is 0 Å². The van der Waals surface area contributed by atoms with E-state index >= 15 is 0 Å². The molecular formula is C35H74N10O14. The van der Waals surface area contributed by atoms with Crippen molar-refractivity contribution >= 4 is 0 Å². The van der Waals surface area contributed by atoms with Gasteiger partial charge in [-0.3, -0.25) is 0 Å². The molecule has 2 aliphatic heterocycles. The van der Waals surface area contributed by atoms with E-state index < -0.39 is 134 Å². The third-order valence-electron chi connectivity index (χ3n) is 11.8. The molecule has 0 aromatic rings. The quantitative estimate of drug-likeness (QED) is 0.0540. The lowest BCUT2D eigenvalue weighted by molar-refractivity contribution is -0.292. The second-order valence-corrected chi connectivity index (χ2v) is 16.8. The number of hydrogen-bond donors (Lipinski definition) is 16. The van der Waals surface area contributed by atoms with Crippen LogP contribution in [-0.4, -0.2) is 252 Å². The SMILES string of the molecule is CN(CCCN(C)C[C@H](O)COC1[C@@H](O)[C@H](N)C[C@H](N)[C@H]1O[C@H]1O[C@H](CN)[C@@H](O)[C@H](O)[C@H]1N)C[C@H](O)COC1[C@@H](O[C@@H]2O[C@@H](CN)[C@H](O)[C@@H](O)[C@@H]2N)[C@H](N)C[C@H](N)[C@H]1O. The summed E-state index contributed by atoms with van der Waals surface area (Å²) in [6, 6.07) is -5.18. The predicted octanol–water partition coefficient (Wildman–Crippen LogP) is -10.2. The number of likely N-dealkylation sites (N-methyl/N-ethyl adjacent to an activating group) is 2. The van der Waals surface area contributed by atoms with Crippen LogP contribution in [0.4, 0.5) is 0 Å². The lowest BCUT2D eigenvalue weighted by Gasteiger charge is -2.47. The van der Waals surface area contributed by atoms with Crippen LogP contribution in [0.2, 0.25) is 0 Å². The zero-order valence-corrected chi connectivity index (χ0v) is 34.0. The van der Waals surface area contributed by atoms with Crippen molar-refractivity contribution in [3.05, 3.63) is 0 Å². The number of nitrogens with two attached hydrogens (primary N) is 8. The van der Waals surface area contributed by atoms with Crippen molar-refractivity contribution in [2.24, 2.45) is 45.9 Å². The minimum absolute atomic E-state index is 0.108. The van der Waals surface area contributed by atoms with Gasteiger partial charge < -0.3 is 125 Å². The normalized spacial score (nSPS) is 44.5. The molecule has 0 aromatic heterocycles. The topological polar surface area (TPSA) is 432 Å². The van der Waals surface area contributed by atoms with Crippen LogP contribution < -0.4 is 45.9 Å². The molecule has 4 rings (SSSR count). The zero-order chi connectivity index (χ0) is 43.9. The van der Waals surface area contributed by atoms with Gasteiger partial charge in [-0.15, -0.1) is 0 Å². The van der Waals surface area contributed by atoms with E-state index in [1.165, 1.54) is 0 Å². The van der Waals surface area contributed by atoms with E-state index in [1.807, 2.05) is 23.9 Å². The molecule has 2 unspecified atom stereocenters. The molecule has 0 bridgehead atoms. The minimum atomic E-state index is -1.38. The number of ether oxygens (including phenoxy) is 6. The molecule has 2 aliphatic carbocycles. The Hall–Kier alpha value is -0.960. The fourth-order valence-electron chi connectivity index (χ4n) is 8.19. The van der Waals surface area contributed by atoms with Crippen molar-refractivity contribution < 1.29 is 69.3 Å². The standard InChI is InChI=1S/C35H74N10O14/c1-44(10-14(46)12-54-32-24(48)16(38)6-18(40)30(32)58-34-22(42)28(52)26(50)20(8-36)56-34)4-3-5-45(2)11-15(47)13-55-33-25(49)17(39)7-19(41)31(33)59-35-23(43)29(53)27(51)21(9-37)57-35/h14-35,46-53H,3-13,36-43H2,1-2H3/t14-,15-,16-,17+,18+,19-,20-,21+,22-,23+,24+,25-,26-,27+,28-,29+,30-,31+,32?,33?,34-,35+/m0/s1. The smallest absolute Gasteiger partial charge is 0.176 e. The summed E-state index contributed by atoms with van der Waals surface area (Å²) in [6.45, 7) is 0.961. The van der Waals surface area contributed by atoms with Gasteiger partial charge in [0.15, 0.2) is 12.6 Å². The fraction of sp³-hybridized carbons (Fsp3) is 1.00. The minimum Gasteiger partial charge on any atom is -0.389 e. The van der Waals surface area contributed by atoms with E-state index in [9.17, 15) is 40.9 Å². The summed E-state index contributed by atoms with van der Waals surface area (Å²) < 4.78 is 35.4. The van der Waals surface area contributed by atoms with Crippen LogP contribution in [0.3, 0.4) is 0 Å². The second kappa shape index (κ2) is 23.1. The van der Waals surface area contributed by atoms with Crippen molar-refractivity contribution in [2.75, 3.05) is 66.6 Å². The molecule has 2 heterocycles. The van der Waals surface area contributed by atoms with Gasteiger partial charge in [-0.05, 0) is 46.4 Å². The Labute approximate surface area is 344 Å². The summed E-state index contributed by atoms with van der Waals surface area (Å²) in [5.41, 5.74) is 48.5. The number of aliphatic hydroxyl groups excluding tert-OH is 8. The first kappa shape index (κ1) is 50.7. The first-order valence-corrected chi connectivity index (χ1v) is 20.4. The van der Waals surface area contributed by atoms with Crippen LogP contribution in [0.15, 0.2) is 0 Å². The summed E-state index contributed by atoms with van der Waals surface area (Å²) >= 11 is 0. The van der Waals surface area contributed by atoms with Gasteiger partial charge in [-0.2, -0.15) is 0 Å². The predicted molar refractivity (Wildman–Crippen MR) is 209 cm³/mol. The van der Waals surface area contributed by atoms with E-state index in [0.717, 1.165) is 0 Å². The molecule has 59 heavy (non-hydrogen) atoms. The summed E-state index contributed by atoms with van der Waals surface area (Å²) in [5, 5.41) is 84.9. The van der Waals surface area contributed by atoms with E-state index in [2.05, 4.69) is 0 Å². The first-order valence-electron chi connectivity index (χ1n) is 20.4. The van der Waals surface area contributed by atoms with Gasteiger partial charge >= 0.3 is 0 Å². The molecule has 0 spiro atoms. The van der Waals surface area contributed by atoms with Gasteiger partial charge in [0.2, 0.25) is 0 Å². The van der Waals surface area contributed by atoms with E-state index in [1.54, 1.807) is 0 Å². The molecule has 22 atom stereocenters. The molecule has 4 fully saturated rings. The van der Waals surface area contributed by atoms with Gasteiger partial charge in [-0.1, -0.05) is 0 Å². The molecule has 0 amide bonds. The molecule has 24 nitrogen and oxygen atoms in total. The second-order valence-electron chi connectivity index (χ2n) is 16.8. The lowest BCUT2D eigenvalue weighted by Crippen LogP contribution is -2.68. The zero-order valence-electron chi connectivity index (χ0n) is 34.0. The molecule has 0 aromatic carbocycles. The molecule has 4 aliphatic rings. The van der Waals surface area contributed by atoms with E-state index in [-0.39, 0.29) is 52.2 Å². The Balaban J connectivity index is 1.20. The van der Waals surface area contributed by atoms with Gasteiger partial charge in [-0.25, -0.2) is 0 Å². The Bertz CT molecular complexity index is 1140. The first-order chi connectivity index (χ1) is 27.8. The molecular weight excluding hydrogens is 784 g/mol. The van der Waals surface area contributed by atoms with Crippen molar-refractivity contribution in [1.29, 1.82) is 0 Å². The molecule has 2 saturated carbocycles. The maximum absolute atomic E-state index is 10.9. The molecule has 24 heteroatoms. The number of hydrogen-bond acceptors (Lipinski definition) is 24. The summed E-state index contributed by atoms with van der Waals surface area (Å²) in [7, 11) is 3.64. The highest BCUT2D eigenvalue weighted by Crippen LogP contribution is 2.30. The Kier molecular flexibility index (Phi) is 19.9. The molecule has 24 N–H and O–H groups in total. The third-order valence-corrected chi connectivity index (χ3v) is 11.8. The Morgan fingerprint density at radius 2 is 0.898 bits per heavy atom. The summed E-state index contributed by atoms with van der Waals surface area (Å²) in [5.74, 6) is 0. The van der Waals surface area contributed by atoms with Crippen LogP contribution >= 0.6 is 0 Å². The average molecular weight is 859 g/mol.